The number of carbonyl (C=O) groups is 2. The van der Waals surface area contributed by atoms with Gasteiger partial charge < -0.3 is 10.1 Å². The second kappa shape index (κ2) is 9.87. The first-order valence-electron chi connectivity index (χ1n) is 10.5. The monoisotopic (exact) mass is 428 g/mol. The van der Waals surface area contributed by atoms with Gasteiger partial charge in [-0.15, -0.1) is 0 Å². The van der Waals surface area contributed by atoms with Crippen LogP contribution in [0.4, 0.5) is 0 Å². The Morgan fingerprint density at radius 1 is 0.938 bits per heavy atom. The number of hydrogen-bond donors (Lipinski definition) is 2. The molecule has 0 saturated heterocycles. The third-order valence-corrected chi connectivity index (χ3v) is 5.18. The van der Waals surface area contributed by atoms with Crippen molar-refractivity contribution in [3.8, 4) is 11.1 Å². The highest BCUT2D eigenvalue weighted by Gasteiger charge is 2.19. The highest BCUT2D eigenvalue weighted by atomic mass is 16.5. The lowest BCUT2D eigenvalue weighted by Gasteiger charge is -2.18. The molecule has 0 aliphatic heterocycles. The number of esters is 1. The summed E-state index contributed by atoms with van der Waals surface area (Å²) in [7, 11) is 0. The van der Waals surface area contributed by atoms with Crippen molar-refractivity contribution < 1.29 is 14.3 Å². The maximum atomic E-state index is 12.9. The normalized spacial score (nSPS) is 11.8. The van der Waals surface area contributed by atoms with Gasteiger partial charge in [0.05, 0.1) is 13.0 Å². The van der Waals surface area contributed by atoms with Crippen molar-refractivity contribution >= 4 is 22.9 Å². The molecule has 0 aliphatic carbocycles. The zero-order valence-electron chi connectivity index (χ0n) is 17.7. The molecule has 1 aromatic heterocycles. The molecule has 0 saturated carbocycles. The highest BCUT2D eigenvalue weighted by Crippen LogP contribution is 2.20. The molecule has 1 atom stereocenters. The van der Waals surface area contributed by atoms with E-state index in [9.17, 15) is 9.59 Å². The molecule has 1 heterocycles. The molecule has 4 rings (SSSR count). The Labute approximate surface area is 185 Å². The SMILES string of the molecule is CCOC(=O)CC(Cc1ccc(-c2ccccc2)cc1)NC(=O)c1ccc2n[nH]nc2c1. The maximum Gasteiger partial charge on any atom is 0.307 e. The average Bonchev–Trinajstić information content (AvgIpc) is 3.28. The molecule has 0 spiro atoms. The first-order valence-corrected chi connectivity index (χ1v) is 10.5. The molecule has 0 aliphatic rings. The van der Waals surface area contributed by atoms with Crippen LogP contribution in [-0.4, -0.2) is 39.9 Å². The summed E-state index contributed by atoms with van der Waals surface area (Å²) in [6.07, 6.45) is 0.595. The van der Waals surface area contributed by atoms with Crippen LogP contribution in [0.2, 0.25) is 0 Å². The van der Waals surface area contributed by atoms with Crippen molar-refractivity contribution in [2.24, 2.45) is 0 Å². The Bertz CT molecular complexity index is 1200. The smallest absolute Gasteiger partial charge is 0.307 e. The van der Waals surface area contributed by atoms with Gasteiger partial charge in [0.1, 0.15) is 11.0 Å². The van der Waals surface area contributed by atoms with Crippen molar-refractivity contribution in [1.29, 1.82) is 0 Å². The number of hydrogen-bond acceptors (Lipinski definition) is 5. The second-order valence-electron chi connectivity index (χ2n) is 7.47. The van der Waals surface area contributed by atoms with Gasteiger partial charge in [0.2, 0.25) is 0 Å². The average molecular weight is 428 g/mol. The van der Waals surface area contributed by atoms with Crippen LogP contribution in [-0.2, 0) is 16.0 Å². The first-order chi connectivity index (χ1) is 15.6. The van der Waals surface area contributed by atoms with Gasteiger partial charge in [-0.1, -0.05) is 54.6 Å². The Hall–Kier alpha value is -4.00. The van der Waals surface area contributed by atoms with E-state index in [2.05, 4.69) is 32.9 Å². The number of ether oxygens (including phenoxy) is 1. The molecular formula is C25H24N4O3. The summed E-state index contributed by atoms with van der Waals surface area (Å²) in [5, 5.41) is 13.5. The molecule has 1 amide bonds. The summed E-state index contributed by atoms with van der Waals surface area (Å²) >= 11 is 0. The fourth-order valence-electron chi connectivity index (χ4n) is 3.59. The zero-order chi connectivity index (χ0) is 22.3. The lowest BCUT2D eigenvalue weighted by Crippen LogP contribution is -2.38. The van der Waals surface area contributed by atoms with E-state index in [0.717, 1.165) is 16.7 Å². The van der Waals surface area contributed by atoms with Crippen LogP contribution >= 0.6 is 0 Å². The molecule has 7 heteroatoms. The number of aromatic nitrogens is 3. The molecule has 1 unspecified atom stereocenters. The van der Waals surface area contributed by atoms with Gasteiger partial charge in [0.25, 0.3) is 5.91 Å². The summed E-state index contributed by atoms with van der Waals surface area (Å²) in [4.78, 5) is 25.0. The highest BCUT2D eigenvalue weighted by molar-refractivity contribution is 5.97. The van der Waals surface area contributed by atoms with Gasteiger partial charge in [-0.2, -0.15) is 15.4 Å². The van der Waals surface area contributed by atoms with E-state index in [4.69, 9.17) is 4.74 Å². The molecule has 2 N–H and O–H groups in total. The van der Waals surface area contributed by atoms with Gasteiger partial charge in [0.15, 0.2) is 0 Å². The van der Waals surface area contributed by atoms with E-state index in [0.29, 0.717) is 29.6 Å². The number of amides is 1. The fourth-order valence-corrected chi connectivity index (χ4v) is 3.59. The van der Waals surface area contributed by atoms with Crippen LogP contribution < -0.4 is 5.32 Å². The van der Waals surface area contributed by atoms with Crippen LogP contribution in [0.3, 0.4) is 0 Å². The van der Waals surface area contributed by atoms with E-state index in [1.165, 1.54) is 0 Å². The predicted octanol–water partition coefficient (Wildman–Crippen LogP) is 3.92. The van der Waals surface area contributed by atoms with E-state index in [1.807, 2.05) is 42.5 Å². The van der Waals surface area contributed by atoms with Crippen molar-refractivity contribution in [2.75, 3.05) is 6.61 Å². The summed E-state index contributed by atoms with van der Waals surface area (Å²) in [6.45, 7) is 2.06. The van der Waals surface area contributed by atoms with Crippen molar-refractivity contribution in [3.05, 3.63) is 83.9 Å². The standard InChI is InChI=1S/C25H24N4O3/c1-2-32-24(30)16-21(26-25(31)20-12-13-22-23(15-20)28-29-27-22)14-17-8-10-19(11-9-17)18-6-4-3-5-7-18/h3-13,15,21H,2,14,16H2,1H3,(H,26,31)(H,27,28,29). The van der Waals surface area contributed by atoms with Crippen molar-refractivity contribution in [1.82, 2.24) is 20.7 Å². The molecule has 4 aromatic rings. The predicted molar refractivity (Wildman–Crippen MR) is 122 cm³/mol. The Morgan fingerprint density at radius 2 is 1.66 bits per heavy atom. The van der Waals surface area contributed by atoms with Crippen molar-refractivity contribution in [3.63, 3.8) is 0 Å². The molecule has 162 valence electrons. The Kier molecular flexibility index (Phi) is 6.55. The summed E-state index contributed by atoms with van der Waals surface area (Å²) in [5.74, 6) is -0.615. The molecule has 0 bridgehead atoms. The number of nitrogens with zero attached hydrogens (tertiary/aromatic N) is 2. The number of H-pyrrole nitrogens is 1. The third-order valence-electron chi connectivity index (χ3n) is 5.18. The minimum Gasteiger partial charge on any atom is -0.466 e. The van der Waals surface area contributed by atoms with Crippen molar-refractivity contribution in [2.45, 2.75) is 25.8 Å². The minimum atomic E-state index is -0.405. The number of carbonyl (C=O) groups excluding carboxylic acids is 2. The molecule has 32 heavy (non-hydrogen) atoms. The van der Waals surface area contributed by atoms with Crippen LogP contribution in [0.5, 0.6) is 0 Å². The number of nitrogens with one attached hydrogen (secondary N) is 2. The zero-order valence-corrected chi connectivity index (χ0v) is 17.7. The van der Waals surface area contributed by atoms with Gasteiger partial charge in [-0.25, -0.2) is 0 Å². The van der Waals surface area contributed by atoms with Gasteiger partial charge in [-0.3, -0.25) is 9.59 Å². The lowest BCUT2D eigenvalue weighted by atomic mass is 9.99. The van der Waals surface area contributed by atoms with E-state index in [1.54, 1.807) is 25.1 Å². The summed E-state index contributed by atoms with van der Waals surface area (Å²) in [6, 6.07) is 22.9. The molecule has 0 fully saturated rings. The fraction of sp³-hybridized carbons (Fsp3) is 0.200. The van der Waals surface area contributed by atoms with Crippen LogP contribution in [0.1, 0.15) is 29.3 Å². The quantitative estimate of drug-likeness (QED) is 0.415. The minimum absolute atomic E-state index is 0.0895. The third kappa shape index (κ3) is 5.18. The topological polar surface area (TPSA) is 97.0 Å². The molecule has 0 radical (unpaired) electrons. The Balaban J connectivity index is 1.49. The number of aromatic amines is 1. The summed E-state index contributed by atoms with van der Waals surface area (Å²) < 4.78 is 5.11. The second-order valence-corrected chi connectivity index (χ2v) is 7.47. The van der Waals surface area contributed by atoms with E-state index >= 15 is 0 Å². The molecular weight excluding hydrogens is 404 g/mol. The van der Waals surface area contributed by atoms with E-state index in [-0.39, 0.29) is 18.3 Å². The molecule has 3 aromatic carbocycles. The number of rotatable bonds is 8. The number of benzene rings is 3. The number of fused-ring (bicyclic) bond motifs is 1. The molecule has 7 nitrogen and oxygen atoms in total. The van der Waals surface area contributed by atoms with Gasteiger partial charge >= 0.3 is 5.97 Å². The Morgan fingerprint density at radius 3 is 2.41 bits per heavy atom. The van der Waals surface area contributed by atoms with Gasteiger partial charge in [-0.05, 0) is 48.2 Å². The van der Waals surface area contributed by atoms with Crippen LogP contribution in [0.25, 0.3) is 22.2 Å². The largest absolute Gasteiger partial charge is 0.466 e. The van der Waals surface area contributed by atoms with E-state index < -0.39 is 6.04 Å². The van der Waals surface area contributed by atoms with Crippen LogP contribution in [0.15, 0.2) is 72.8 Å². The maximum absolute atomic E-state index is 12.9. The summed E-state index contributed by atoms with van der Waals surface area (Å²) in [5.41, 5.74) is 5.02. The van der Waals surface area contributed by atoms with Gasteiger partial charge in [0, 0.05) is 11.6 Å². The first kappa shape index (κ1) is 21.2. The lowest BCUT2D eigenvalue weighted by molar-refractivity contribution is -0.143. The van der Waals surface area contributed by atoms with Crippen LogP contribution in [0, 0.1) is 0 Å².